The van der Waals surface area contributed by atoms with Crippen molar-refractivity contribution in [1.82, 2.24) is 14.1 Å². The van der Waals surface area contributed by atoms with Crippen LogP contribution in [0.3, 0.4) is 0 Å². The summed E-state index contributed by atoms with van der Waals surface area (Å²) in [6, 6.07) is 28.6. The molecule has 0 saturated carbocycles. The minimum Gasteiger partial charge on any atom is -0.497 e. The number of hydrogen-bond donors (Lipinski definition) is 1. The van der Waals surface area contributed by atoms with E-state index in [1.165, 1.54) is 0 Å². The van der Waals surface area contributed by atoms with Gasteiger partial charge in [0.2, 0.25) is 0 Å². The lowest BCUT2D eigenvalue weighted by Crippen LogP contribution is -2.29. The zero-order chi connectivity index (χ0) is 25.8. The molecule has 5 aromatic rings. The second-order valence-corrected chi connectivity index (χ2v) is 8.73. The predicted octanol–water partition coefficient (Wildman–Crippen LogP) is 5.33. The van der Waals surface area contributed by atoms with Crippen molar-refractivity contribution < 1.29 is 14.2 Å². The highest BCUT2D eigenvalue weighted by molar-refractivity contribution is 6.02. The highest BCUT2D eigenvalue weighted by Gasteiger charge is 2.24. The van der Waals surface area contributed by atoms with Crippen LogP contribution in [0.5, 0.6) is 5.75 Å². The van der Waals surface area contributed by atoms with E-state index in [9.17, 15) is 5.41 Å². The molecule has 7 nitrogen and oxygen atoms in total. The van der Waals surface area contributed by atoms with Crippen molar-refractivity contribution in [1.29, 1.82) is 5.41 Å². The van der Waals surface area contributed by atoms with Gasteiger partial charge in [0.1, 0.15) is 16.9 Å². The molecule has 7 heteroatoms. The zero-order valence-corrected chi connectivity index (χ0v) is 21.2. The number of ether oxygens (including phenoxy) is 3. The second kappa shape index (κ2) is 10.8. The Morgan fingerprint density at radius 1 is 0.811 bits per heavy atom. The molecule has 0 aliphatic carbocycles. The van der Waals surface area contributed by atoms with Crippen molar-refractivity contribution in [3.05, 3.63) is 102 Å². The molecule has 0 amide bonds. The summed E-state index contributed by atoms with van der Waals surface area (Å²) in [4.78, 5) is 4.90. The van der Waals surface area contributed by atoms with Crippen LogP contribution in [0, 0.1) is 5.41 Å². The van der Waals surface area contributed by atoms with Gasteiger partial charge in [-0.3, -0.25) is 5.41 Å². The smallest absolute Gasteiger partial charge is 0.174 e. The van der Waals surface area contributed by atoms with Crippen LogP contribution in [0.15, 0.2) is 91.3 Å². The molecule has 0 fully saturated rings. The summed E-state index contributed by atoms with van der Waals surface area (Å²) >= 11 is 0. The fourth-order valence-corrected chi connectivity index (χ4v) is 4.68. The summed E-state index contributed by atoms with van der Waals surface area (Å²) in [6.45, 7) is 0.945. The van der Waals surface area contributed by atoms with Crippen LogP contribution in [0.4, 0.5) is 0 Å². The highest BCUT2D eigenvalue weighted by Crippen LogP contribution is 2.39. The van der Waals surface area contributed by atoms with Crippen LogP contribution in [0.2, 0.25) is 0 Å². The van der Waals surface area contributed by atoms with E-state index in [1.807, 2.05) is 48.5 Å². The minimum absolute atomic E-state index is 0.354. The normalized spacial score (nSPS) is 11.4. The van der Waals surface area contributed by atoms with Crippen LogP contribution in [-0.2, 0) is 22.6 Å². The van der Waals surface area contributed by atoms with Gasteiger partial charge in [0, 0.05) is 26.3 Å². The maximum Gasteiger partial charge on any atom is 0.174 e. The van der Waals surface area contributed by atoms with Crippen LogP contribution < -0.4 is 10.2 Å². The average molecular weight is 495 g/mol. The molecule has 0 bridgehead atoms. The van der Waals surface area contributed by atoms with Gasteiger partial charge in [-0.2, -0.15) is 0 Å². The summed E-state index contributed by atoms with van der Waals surface area (Å²) in [5, 5.41) is 10.0. The molecule has 188 valence electrons. The van der Waals surface area contributed by atoms with Gasteiger partial charge < -0.3 is 23.3 Å². The molecule has 0 aliphatic heterocycles. The largest absolute Gasteiger partial charge is 0.497 e. The van der Waals surface area contributed by atoms with Crippen LogP contribution >= 0.6 is 0 Å². The molecule has 5 rings (SSSR count). The number of nitrogens with zero attached hydrogens (tertiary/aromatic N) is 3. The van der Waals surface area contributed by atoms with Crippen molar-refractivity contribution >= 4 is 11.0 Å². The Bertz CT molecular complexity index is 1540. The van der Waals surface area contributed by atoms with E-state index < -0.39 is 6.29 Å². The van der Waals surface area contributed by atoms with E-state index in [0.717, 1.165) is 44.7 Å². The molecule has 0 aliphatic rings. The topological polar surface area (TPSA) is 74.3 Å². The van der Waals surface area contributed by atoms with Gasteiger partial charge in [0.25, 0.3) is 0 Å². The van der Waals surface area contributed by atoms with Crippen molar-refractivity contribution in [2.24, 2.45) is 0 Å². The van der Waals surface area contributed by atoms with E-state index in [2.05, 4.69) is 41.0 Å². The molecule has 3 aromatic carbocycles. The Morgan fingerprint density at radius 2 is 1.43 bits per heavy atom. The van der Waals surface area contributed by atoms with E-state index in [4.69, 9.17) is 19.2 Å². The second-order valence-electron chi connectivity index (χ2n) is 8.73. The van der Waals surface area contributed by atoms with E-state index in [0.29, 0.717) is 18.6 Å². The fourth-order valence-electron chi connectivity index (χ4n) is 4.68. The molecule has 37 heavy (non-hydrogen) atoms. The first-order chi connectivity index (χ1) is 18.1. The Labute approximate surface area is 216 Å². The Balaban J connectivity index is 1.82. The van der Waals surface area contributed by atoms with Crippen LogP contribution in [-0.4, -0.2) is 41.7 Å². The maximum absolute atomic E-state index is 9.26. The molecule has 2 heterocycles. The van der Waals surface area contributed by atoms with Crippen molar-refractivity contribution in [2.75, 3.05) is 21.3 Å². The summed E-state index contributed by atoms with van der Waals surface area (Å²) in [5.41, 5.74) is 6.31. The van der Waals surface area contributed by atoms with Gasteiger partial charge in [-0.15, -0.1) is 0 Å². The third kappa shape index (κ3) is 4.79. The zero-order valence-electron chi connectivity index (χ0n) is 21.2. The summed E-state index contributed by atoms with van der Waals surface area (Å²) in [6.07, 6.45) is 1.22. The molecule has 0 atom stereocenters. The Kier molecular flexibility index (Phi) is 7.16. The maximum atomic E-state index is 9.26. The van der Waals surface area contributed by atoms with Gasteiger partial charge >= 0.3 is 0 Å². The number of hydrogen-bond acceptors (Lipinski definition) is 5. The number of rotatable bonds is 9. The molecule has 2 aromatic heterocycles. The van der Waals surface area contributed by atoms with Gasteiger partial charge in [-0.1, -0.05) is 72.8 Å². The first-order valence-electron chi connectivity index (χ1n) is 12.1. The molecule has 1 N–H and O–H groups in total. The van der Waals surface area contributed by atoms with Crippen LogP contribution in [0.25, 0.3) is 33.4 Å². The molecule has 0 radical (unpaired) electrons. The molecule has 0 spiro atoms. The van der Waals surface area contributed by atoms with Crippen LogP contribution in [0.1, 0.15) is 5.56 Å². The Hall–Kier alpha value is -4.20. The lowest BCUT2D eigenvalue weighted by atomic mass is 9.99. The number of fused-ring (bicyclic) bond motifs is 1. The molecular weight excluding hydrogens is 464 g/mol. The lowest BCUT2D eigenvalue weighted by Gasteiger charge is -2.15. The molecule has 0 unspecified atom stereocenters. The number of nitrogens with one attached hydrogen (secondary N) is 1. The van der Waals surface area contributed by atoms with Crippen molar-refractivity contribution in [3.63, 3.8) is 0 Å². The molecular formula is C30H30N4O3. The summed E-state index contributed by atoms with van der Waals surface area (Å²) in [7, 11) is 4.86. The highest BCUT2D eigenvalue weighted by atomic mass is 16.7. The van der Waals surface area contributed by atoms with Gasteiger partial charge in [0.05, 0.1) is 31.1 Å². The number of aromatic nitrogens is 3. The number of methoxy groups -OCH3 is 3. The number of benzene rings is 3. The van der Waals surface area contributed by atoms with Crippen molar-refractivity contribution in [3.8, 4) is 28.1 Å². The van der Waals surface area contributed by atoms with E-state index >= 15 is 0 Å². The van der Waals surface area contributed by atoms with E-state index in [-0.39, 0.29) is 0 Å². The monoisotopic (exact) mass is 494 g/mol. The average Bonchev–Trinajstić information content (AvgIpc) is 3.28. The third-order valence-electron chi connectivity index (χ3n) is 6.56. The predicted molar refractivity (Wildman–Crippen MR) is 144 cm³/mol. The van der Waals surface area contributed by atoms with E-state index in [1.54, 1.807) is 32.2 Å². The quantitative estimate of drug-likeness (QED) is 0.281. The lowest BCUT2D eigenvalue weighted by molar-refractivity contribution is -0.111. The minimum atomic E-state index is -0.483. The van der Waals surface area contributed by atoms with Crippen molar-refractivity contribution in [2.45, 2.75) is 19.4 Å². The van der Waals surface area contributed by atoms with Gasteiger partial charge in [-0.25, -0.2) is 4.98 Å². The standard InChI is InChI=1S/C30H30N4O3/c1-35-24-16-14-21(15-17-24)18-34-28(23-12-8-5-9-13-23)26(22-10-6-4-7-11-22)27-29(31)33(20-32-30(27)34)19-25(36-2)37-3/h4-17,20,25,31H,18-19H2,1-3H3. The van der Waals surface area contributed by atoms with Gasteiger partial charge in [0.15, 0.2) is 6.29 Å². The Morgan fingerprint density at radius 3 is 2.03 bits per heavy atom. The van der Waals surface area contributed by atoms with Gasteiger partial charge in [-0.05, 0) is 28.8 Å². The first kappa shape index (κ1) is 24.5. The fraction of sp³-hybridized carbons (Fsp3) is 0.200. The summed E-state index contributed by atoms with van der Waals surface area (Å²) < 4.78 is 20.2. The SMILES string of the molecule is COc1ccc(Cn2c(-c3ccccc3)c(-c3ccccc3)c3c(=N)n(CC(OC)OC)cnc32)cc1. The molecule has 0 saturated heterocycles. The first-order valence-corrected chi connectivity index (χ1v) is 12.1. The third-order valence-corrected chi connectivity index (χ3v) is 6.56. The summed E-state index contributed by atoms with van der Waals surface area (Å²) in [5.74, 6) is 0.813.